The Kier molecular flexibility index (Phi) is 11.7. The van der Waals surface area contributed by atoms with E-state index in [4.69, 9.17) is 9.64 Å². The minimum Gasteiger partial charge on any atom is -0.599 e. The van der Waals surface area contributed by atoms with Crippen LogP contribution in [-0.2, 0) is 25.5 Å². The average molecular weight is 851 g/mol. The molecule has 4 aromatic carbocycles. The first kappa shape index (κ1) is 37.8. The van der Waals surface area contributed by atoms with Gasteiger partial charge < -0.3 is 14.0 Å². The van der Waals surface area contributed by atoms with E-state index in [0.717, 1.165) is 28.6 Å². The molecule has 7 rings (SSSR count). The molecule has 1 radical (unpaired) electrons. The number of nitrogens with zero attached hydrogens (tertiary/aromatic N) is 4. The van der Waals surface area contributed by atoms with Crippen LogP contribution in [0.2, 0.25) is 0 Å². The number of benzene rings is 4. The molecule has 1 aliphatic rings. The molecular weight excluding hydrogens is 804 g/mol. The van der Waals surface area contributed by atoms with Crippen LogP contribution in [0.4, 0.5) is 11.5 Å². The maximum atomic E-state index is 6.40. The van der Waals surface area contributed by atoms with Crippen LogP contribution in [0.15, 0.2) is 110 Å². The molecular formula is C44H47BIrN4O-2. The molecule has 51 heavy (non-hydrogen) atoms. The summed E-state index contributed by atoms with van der Waals surface area (Å²) in [7, 11) is -0.248. The number of hydrogen-bond donors (Lipinski definition) is 0. The molecule has 0 atom stereocenters. The maximum Gasteiger partial charge on any atom is 0.511 e. The summed E-state index contributed by atoms with van der Waals surface area (Å²) in [5.41, 5.74) is 10.8. The van der Waals surface area contributed by atoms with Crippen LogP contribution in [0, 0.1) is 26.0 Å². The van der Waals surface area contributed by atoms with Crippen LogP contribution >= 0.6 is 0 Å². The van der Waals surface area contributed by atoms with Crippen molar-refractivity contribution in [2.45, 2.75) is 79.6 Å². The molecule has 0 bridgehead atoms. The first-order valence-corrected chi connectivity index (χ1v) is 17.6. The molecule has 0 saturated heterocycles. The molecule has 0 spiro atoms. The van der Waals surface area contributed by atoms with E-state index in [2.05, 4.69) is 150 Å². The second-order valence-corrected chi connectivity index (χ2v) is 14.7. The van der Waals surface area contributed by atoms with Crippen molar-refractivity contribution in [1.82, 2.24) is 14.5 Å². The zero-order valence-electron chi connectivity index (χ0n) is 31.2. The normalized spacial score (nSPS) is 12.3. The Morgan fingerprint density at radius 1 is 0.745 bits per heavy atom. The largest absolute Gasteiger partial charge is 0.599 e. The van der Waals surface area contributed by atoms with Crippen molar-refractivity contribution < 1.29 is 24.8 Å². The van der Waals surface area contributed by atoms with Gasteiger partial charge in [0.2, 0.25) is 0 Å². The van der Waals surface area contributed by atoms with Crippen molar-refractivity contribution in [3.8, 4) is 22.8 Å². The number of fused-ring (bicyclic) bond motifs is 1. The third kappa shape index (κ3) is 7.91. The molecule has 263 valence electrons. The van der Waals surface area contributed by atoms with Crippen LogP contribution in [0.25, 0.3) is 17.1 Å². The fraction of sp³-hybridized carbons (Fsp3) is 0.273. The van der Waals surface area contributed by atoms with Crippen LogP contribution in [0.1, 0.15) is 88.1 Å². The van der Waals surface area contributed by atoms with Gasteiger partial charge in [-0.2, -0.15) is 18.2 Å². The Bertz CT molecular complexity index is 2040. The molecule has 0 N–H and O–H groups in total. The fourth-order valence-electron chi connectivity index (χ4n) is 6.65. The van der Waals surface area contributed by atoms with Crippen molar-refractivity contribution in [3.05, 3.63) is 150 Å². The van der Waals surface area contributed by atoms with Gasteiger partial charge in [-0.15, -0.1) is 42.0 Å². The molecule has 7 heteroatoms. The molecule has 5 nitrogen and oxygen atoms in total. The van der Waals surface area contributed by atoms with Crippen LogP contribution in [-0.4, -0.2) is 21.6 Å². The number of anilines is 2. The molecule has 0 amide bonds. The minimum atomic E-state index is -0.248. The molecule has 6 aromatic rings. The van der Waals surface area contributed by atoms with Gasteiger partial charge in [0.1, 0.15) is 5.82 Å². The third-order valence-electron chi connectivity index (χ3n) is 9.33. The van der Waals surface area contributed by atoms with Gasteiger partial charge in [0.25, 0.3) is 0 Å². The smallest absolute Gasteiger partial charge is 0.511 e. The van der Waals surface area contributed by atoms with Gasteiger partial charge in [-0.25, -0.2) is 4.98 Å². The topological polar surface area (TPSA) is 43.2 Å². The van der Waals surface area contributed by atoms with E-state index >= 15 is 0 Å². The van der Waals surface area contributed by atoms with Gasteiger partial charge in [0.15, 0.2) is 0 Å². The van der Waals surface area contributed by atoms with Gasteiger partial charge >= 0.3 is 7.05 Å². The summed E-state index contributed by atoms with van der Waals surface area (Å²) >= 11 is 0. The number of pyridine rings is 1. The van der Waals surface area contributed by atoms with Gasteiger partial charge in [0.05, 0.1) is 5.82 Å². The minimum absolute atomic E-state index is 0. The SMILES string of the molecule is CC(C)c1cccc(C(C)C)c1-n1ccnc1-c1[c-]cccc1.Cc1cccc(C)c1B1Oc2ccc[c-]c2N1c1cc(C(C)(C)C)ccn1.[Ir]. The zero-order chi connectivity index (χ0) is 35.6. The summed E-state index contributed by atoms with van der Waals surface area (Å²) in [6.07, 6.45) is 5.82. The summed E-state index contributed by atoms with van der Waals surface area (Å²) in [4.78, 5) is 11.5. The number of aromatic nitrogens is 3. The van der Waals surface area contributed by atoms with E-state index in [0.29, 0.717) is 11.8 Å². The molecule has 0 aliphatic carbocycles. The molecule has 0 saturated carbocycles. The number of imidazole rings is 1. The molecule has 2 aromatic heterocycles. The van der Waals surface area contributed by atoms with Crippen molar-refractivity contribution >= 4 is 24.0 Å². The Morgan fingerprint density at radius 2 is 1.41 bits per heavy atom. The summed E-state index contributed by atoms with van der Waals surface area (Å²) in [5, 5.41) is 0. The molecule has 0 unspecified atom stereocenters. The van der Waals surface area contributed by atoms with Crippen molar-refractivity contribution in [2.24, 2.45) is 0 Å². The Balaban J connectivity index is 0.000000196. The summed E-state index contributed by atoms with van der Waals surface area (Å²) < 4.78 is 8.62. The summed E-state index contributed by atoms with van der Waals surface area (Å²) in [6, 6.07) is 37.8. The predicted molar refractivity (Wildman–Crippen MR) is 208 cm³/mol. The monoisotopic (exact) mass is 851 g/mol. The molecule has 1 aliphatic heterocycles. The fourth-order valence-corrected chi connectivity index (χ4v) is 6.65. The standard InChI is InChI=1S/C23H24BN2O.C21H23N2.Ir/c1-16-9-8-10-17(2)22(16)24-26(19-11-6-7-12-20(19)27-24)21-15-18(13-14-25-21)23(3,4)5;1-15(2)18-11-8-12-19(16(3)4)20(18)23-14-13-22-21(23)17-9-6-5-7-10-17;/h6-10,12-15H,1-5H3;5-9,11-16H,1-4H3;/q2*-1;. The Labute approximate surface area is 318 Å². The van der Waals surface area contributed by atoms with E-state index in [9.17, 15) is 0 Å². The van der Waals surface area contributed by atoms with E-state index in [-0.39, 0.29) is 32.6 Å². The predicted octanol–water partition coefficient (Wildman–Crippen LogP) is 10.3. The van der Waals surface area contributed by atoms with Crippen molar-refractivity contribution in [2.75, 3.05) is 4.81 Å². The Hall–Kier alpha value is -4.45. The summed E-state index contributed by atoms with van der Waals surface area (Å²) in [5.74, 6) is 3.59. The van der Waals surface area contributed by atoms with Crippen molar-refractivity contribution in [3.63, 3.8) is 0 Å². The van der Waals surface area contributed by atoms with E-state index in [1.54, 1.807) is 0 Å². The van der Waals surface area contributed by atoms with E-state index < -0.39 is 0 Å². The van der Waals surface area contributed by atoms with Gasteiger partial charge in [0, 0.05) is 50.1 Å². The van der Waals surface area contributed by atoms with Crippen LogP contribution < -0.4 is 14.9 Å². The first-order valence-electron chi connectivity index (χ1n) is 17.6. The number of hydrogen-bond acceptors (Lipinski definition) is 4. The number of rotatable bonds is 6. The summed E-state index contributed by atoms with van der Waals surface area (Å²) in [6.45, 7) is 19.9. The number of aryl methyl sites for hydroxylation is 2. The first-order chi connectivity index (χ1) is 24.0. The van der Waals surface area contributed by atoms with Crippen LogP contribution in [0.5, 0.6) is 5.75 Å². The van der Waals surface area contributed by atoms with E-state index in [1.807, 2.05) is 48.8 Å². The number of para-hydroxylation sites is 2. The van der Waals surface area contributed by atoms with Gasteiger partial charge in [-0.05, 0) is 71.1 Å². The zero-order valence-corrected chi connectivity index (χ0v) is 33.5. The quantitative estimate of drug-likeness (QED) is 0.124. The maximum absolute atomic E-state index is 6.40. The average Bonchev–Trinajstić information content (AvgIpc) is 3.74. The molecule has 0 fully saturated rings. The van der Waals surface area contributed by atoms with Crippen LogP contribution in [0.3, 0.4) is 0 Å². The third-order valence-corrected chi connectivity index (χ3v) is 9.33. The second kappa shape index (κ2) is 15.8. The van der Waals surface area contributed by atoms with Crippen molar-refractivity contribution in [1.29, 1.82) is 0 Å². The Morgan fingerprint density at radius 3 is 2.04 bits per heavy atom. The van der Waals surface area contributed by atoms with Gasteiger partial charge in [-0.3, -0.25) is 4.98 Å². The van der Waals surface area contributed by atoms with Gasteiger partial charge in [-0.1, -0.05) is 96.0 Å². The molecule has 3 heterocycles. The second-order valence-electron chi connectivity index (χ2n) is 14.7. The van der Waals surface area contributed by atoms with E-state index in [1.165, 1.54) is 39.0 Å².